The SMILES string of the molecule is CC(C)=CCOc1cccc(NC(=O)Nc2cccc(Cl)c2)c1. The van der Waals surface area contributed by atoms with E-state index in [-0.39, 0.29) is 6.03 Å². The van der Waals surface area contributed by atoms with E-state index in [2.05, 4.69) is 10.6 Å². The van der Waals surface area contributed by atoms with Gasteiger partial charge in [-0.15, -0.1) is 0 Å². The molecule has 0 bridgehead atoms. The van der Waals surface area contributed by atoms with Gasteiger partial charge in [-0.3, -0.25) is 0 Å². The van der Waals surface area contributed by atoms with E-state index in [9.17, 15) is 4.79 Å². The second-order valence-corrected chi connectivity index (χ2v) is 5.65. The molecule has 0 atom stereocenters. The Hall–Kier alpha value is -2.46. The summed E-state index contributed by atoms with van der Waals surface area (Å²) in [5, 5.41) is 6.05. The molecule has 0 aliphatic rings. The van der Waals surface area contributed by atoms with Gasteiger partial charge in [0.05, 0.1) is 0 Å². The number of allylic oxidation sites excluding steroid dienone is 1. The number of amides is 2. The van der Waals surface area contributed by atoms with Crippen LogP contribution in [0.1, 0.15) is 13.8 Å². The van der Waals surface area contributed by atoms with E-state index in [1.54, 1.807) is 36.4 Å². The van der Waals surface area contributed by atoms with Crippen LogP contribution in [-0.2, 0) is 0 Å². The normalized spacial score (nSPS) is 9.87. The van der Waals surface area contributed by atoms with E-state index in [0.717, 1.165) is 0 Å². The van der Waals surface area contributed by atoms with Gasteiger partial charge in [-0.25, -0.2) is 4.79 Å². The summed E-state index contributed by atoms with van der Waals surface area (Å²) < 4.78 is 5.61. The third-order valence-electron chi connectivity index (χ3n) is 2.92. The van der Waals surface area contributed by atoms with Crippen LogP contribution in [0.4, 0.5) is 16.2 Å². The van der Waals surface area contributed by atoms with E-state index in [4.69, 9.17) is 16.3 Å². The molecule has 4 nitrogen and oxygen atoms in total. The molecule has 2 aromatic rings. The first-order valence-corrected chi connectivity index (χ1v) is 7.60. The number of hydrogen-bond donors (Lipinski definition) is 2. The second-order valence-electron chi connectivity index (χ2n) is 5.21. The number of halogens is 1. The van der Waals surface area contributed by atoms with Crippen LogP contribution in [0.25, 0.3) is 0 Å². The molecule has 0 aromatic heterocycles. The average Bonchev–Trinajstić information content (AvgIpc) is 2.47. The van der Waals surface area contributed by atoms with Gasteiger partial charge < -0.3 is 15.4 Å². The fraction of sp³-hybridized carbons (Fsp3) is 0.167. The molecule has 2 amide bonds. The fourth-order valence-corrected chi connectivity index (χ4v) is 2.02. The summed E-state index contributed by atoms with van der Waals surface area (Å²) in [5.41, 5.74) is 2.48. The number of carbonyl (C=O) groups excluding carboxylic acids is 1. The van der Waals surface area contributed by atoms with Crippen molar-refractivity contribution in [3.05, 3.63) is 65.2 Å². The predicted molar refractivity (Wildman–Crippen MR) is 95.5 cm³/mol. The molecule has 0 saturated heterocycles. The van der Waals surface area contributed by atoms with Crippen LogP contribution in [0.2, 0.25) is 5.02 Å². The molecule has 0 unspecified atom stereocenters. The van der Waals surface area contributed by atoms with Crippen LogP contribution in [0.3, 0.4) is 0 Å². The van der Waals surface area contributed by atoms with Crippen molar-refractivity contribution < 1.29 is 9.53 Å². The van der Waals surface area contributed by atoms with Gasteiger partial charge in [-0.05, 0) is 50.3 Å². The Morgan fingerprint density at radius 1 is 1.09 bits per heavy atom. The number of urea groups is 1. The first kappa shape index (κ1) is 16.9. The summed E-state index contributed by atoms with van der Waals surface area (Å²) in [7, 11) is 0. The minimum atomic E-state index is -0.339. The van der Waals surface area contributed by atoms with Gasteiger partial charge in [0, 0.05) is 22.5 Å². The molecule has 0 aliphatic carbocycles. The van der Waals surface area contributed by atoms with Gasteiger partial charge in [0.25, 0.3) is 0 Å². The summed E-state index contributed by atoms with van der Waals surface area (Å²) in [6, 6.07) is 13.9. The zero-order chi connectivity index (χ0) is 16.7. The van der Waals surface area contributed by atoms with Gasteiger partial charge in [0.1, 0.15) is 12.4 Å². The highest BCUT2D eigenvalue weighted by Crippen LogP contribution is 2.19. The number of anilines is 2. The standard InChI is InChI=1S/C18H19ClN2O2/c1-13(2)9-10-23-17-8-4-7-16(12-17)21-18(22)20-15-6-3-5-14(19)11-15/h3-9,11-12H,10H2,1-2H3,(H2,20,21,22). The van der Waals surface area contributed by atoms with Gasteiger partial charge in [0.2, 0.25) is 0 Å². The lowest BCUT2D eigenvalue weighted by Gasteiger charge is -2.09. The van der Waals surface area contributed by atoms with Crippen molar-refractivity contribution in [2.24, 2.45) is 0 Å². The predicted octanol–water partition coefficient (Wildman–Crippen LogP) is 5.33. The molecule has 23 heavy (non-hydrogen) atoms. The summed E-state index contributed by atoms with van der Waals surface area (Å²) in [6.45, 7) is 4.53. The van der Waals surface area contributed by atoms with Gasteiger partial charge >= 0.3 is 6.03 Å². The molecule has 0 aliphatic heterocycles. The number of rotatable bonds is 5. The molecule has 120 valence electrons. The molecular weight excluding hydrogens is 312 g/mol. The Balaban J connectivity index is 1.94. The first-order valence-electron chi connectivity index (χ1n) is 7.23. The molecule has 0 radical (unpaired) electrons. The largest absolute Gasteiger partial charge is 0.489 e. The van der Waals surface area contributed by atoms with Crippen molar-refractivity contribution in [3.8, 4) is 5.75 Å². The van der Waals surface area contributed by atoms with Crippen LogP contribution >= 0.6 is 11.6 Å². The van der Waals surface area contributed by atoms with Crippen molar-refractivity contribution >= 4 is 29.0 Å². The smallest absolute Gasteiger partial charge is 0.323 e. The van der Waals surface area contributed by atoms with Gasteiger partial charge in [-0.1, -0.05) is 29.3 Å². The number of hydrogen-bond acceptors (Lipinski definition) is 2. The highest BCUT2D eigenvalue weighted by molar-refractivity contribution is 6.30. The van der Waals surface area contributed by atoms with Gasteiger partial charge in [0.15, 0.2) is 0 Å². The Kier molecular flexibility index (Phi) is 6.06. The van der Waals surface area contributed by atoms with Crippen LogP contribution in [0.15, 0.2) is 60.2 Å². The Morgan fingerprint density at radius 2 is 1.74 bits per heavy atom. The molecule has 0 saturated carbocycles. The lowest BCUT2D eigenvalue weighted by Crippen LogP contribution is -2.19. The average molecular weight is 331 g/mol. The lowest BCUT2D eigenvalue weighted by molar-refractivity contribution is 0.262. The monoisotopic (exact) mass is 330 g/mol. The number of benzene rings is 2. The Bertz CT molecular complexity index is 710. The number of carbonyl (C=O) groups is 1. The third kappa shape index (κ3) is 6.04. The van der Waals surface area contributed by atoms with Crippen molar-refractivity contribution in [1.82, 2.24) is 0 Å². The van der Waals surface area contributed by atoms with Crippen LogP contribution in [0.5, 0.6) is 5.75 Å². The highest BCUT2D eigenvalue weighted by atomic mass is 35.5. The minimum absolute atomic E-state index is 0.339. The van der Waals surface area contributed by atoms with Crippen molar-refractivity contribution in [2.45, 2.75) is 13.8 Å². The molecule has 0 heterocycles. The molecular formula is C18H19ClN2O2. The van der Waals surface area contributed by atoms with E-state index < -0.39 is 0 Å². The molecule has 2 aromatic carbocycles. The zero-order valence-corrected chi connectivity index (χ0v) is 13.9. The third-order valence-corrected chi connectivity index (χ3v) is 3.15. The second kappa shape index (κ2) is 8.25. The van der Waals surface area contributed by atoms with Crippen LogP contribution < -0.4 is 15.4 Å². The van der Waals surface area contributed by atoms with Gasteiger partial charge in [-0.2, -0.15) is 0 Å². The quantitative estimate of drug-likeness (QED) is 0.728. The molecule has 5 heteroatoms. The number of ether oxygens (including phenoxy) is 1. The maximum atomic E-state index is 12.0. The van der Waals surface area contributed by atoms with E-state index >= 15 is 0 Å². The lowest BCUT2D eigenvalue weighted by atomic mass is 10.3. The summed E-state index contributed by atoms with van der Waals surface area (Å²) in [6.07, 6.45) is 1.99. The van der Waals surface area contributed by atoms with Crippen LogP contribution in [-0.4, -0.2) is 12.6 Å². The fourth-order valence-electron chi connectivity index (χ4n) is 1.83. The Labute approximate surface area is 141 Å². The minimum Gasteiger partial charge on any atom is -0.489 e. The van der Waals surface area contributed by atoms with Crippen LogP contribution in [0, 0.1) is 0 Å². The van der Waals surface area contributed by atoms with Crippen molar-refractivity contribution in [3.63, 3.8) is 0 Å². The van der Waals surface area contributed by atoms with E-state index in [0.29, 0.717) is 28.8 Å². The maximum absolute atomic E-state index is 12.0. The zero-order valence-electron chi connectivity index (χ0n) is 13.1. The first-order chi connectivity index (χ1) is 11.0. The topological polar surface area (TPSA) is 50.4 Å². The number of nitrogens with one attached hydrogen (secondary N) is 2. The molecule has 2 rings (SSSR count). The Morgan fingerprint density at radius 3 is 2.39 bits per heavy atom. The summed E-state index contributed by atoms with van der Waals surface area (Å²) in [4.78, 5) is 12.0. The maximum Gasteiger partial charge on any atom is 0.323 e. The molecule has 0 spiro atoms. The molecule has 0 fully saturated rings. The van der Waals surface area contributed by atoms with Crippen molar-refractivity contribution in [2.75, 3.05) is 17.2 Å². The van der Waals surface area contributed by atoms with Crippen molar-refractivity contribution in [1.29, 1.82) is 0 Å². The molecule has 2 N–H and O–H groups in total. The van der Waals surface area contributed by atoms with E-state index in [1.165, 1.54) is 5.57 Å². The summed E-state index contributed by atoms with van der Waals surface area (Å²) in [5.74, 6) is 0.697. The van der Waals surface area contributed by atoms with E-state index in [1.807, 2.05) is 32.1 Å². The highest BCUT2D eigenvalue weighted by Gasteiger charge is 2.04. The summed E-state index contributed by atoms with van der Waals surface area (Å²) >= 11 is 5.89.